The van der Waals surface area contributed by atoms with E-state index in [0.29, 0.717) is 16.8 Å². The molecule has 31 heavy (non-hydrogen) atoms. The van der Waals surface area contributed by atoms with Crippen LogP contribution in [-0.4, -0.2) is 34.2 Å². The fraction of sp³-hybridized carbons (Fsp3) is 0.478. The molecule has 1 unspecified atom stereocenters. The first-order valence-electron chi connectivity index (χ1n) is 10.1. The number of pyridine rings is 2. The van der Waals surface area contributed by atoms with Gasteiger partial charge < -0.3 is 10.1 Å². The van der Waals surface area contributed by atoms with Gasteiger partial charge in [0.15, 0.2) is 6.61 Å². The number of carbonyl (C=O) groups excluding carboxylic acids is 2. The van der Waals surface area contributed by atoms with Gasteiger partial charge in [0.2, 0.25) is 5.88 Å². The van der Waals surface area contributed by atoms with Crippen LogP contribution >= 0.6 is 0 Å². The maximum atomic E-state index is 13.0. The molecular weight excluding hydrogens is 404 g/mol. The highest BCUT2D eigenvalue weighted by atomic mass is 19.3. The largest absolute Gasteiger partial charge is 0.471 e. The van der Waals surface area contributed by atoms with Crippen LogP contribution in [0.5, 0.6) is 5.88 Å². The number of aromatic nitrogens is 2. The third-order valence-electron chi connectivity index (χ3n) is 4.63. The molecule has 0 radical (unpaired) electrons. The van der Waals surface area contributed by atoms with Gasteiger partial charge >= 0.3 is 0 Å². The van der Waals surface area contributed by atoms with Crippen molar-refractivity contribution < 1.29 is 23.1 Å². The van der Waals surface area contributed by atoms with E-state index in [2.05, 4.69) is 15.3 Å². The van der Waals surface area contributed by atoms with Gasteiger partial charge in [0.05, 0.1) is 11.6 Å². The van der Waals surface area contributed by atoms with E-state index in [-0.39, 0.29) is 36.0 Å². The van der Waals surface area contributed by atoms with Crippen LogP contribution in [0, 0.1) is 19.8 Å². The van der Waals surface area contributed by atoms with Gasteiger partial charge in [0.1, 0.15) is 5.78 Å². The predicted molar refractivity (Wildman–Crippen MR) is 113 cm³/mol. The summed E-state index contributed by atoms with van der Waals surface area (Å²) in [7, 11) is 0. The van der Waals surface area contributed by atoms with Crippen LogP contribution in [0.15, 0.2) is 24.4 Å². The molecule has 1 atom stereocenters. The van der Waals surface area contributed by atoms with Crippen molar-refractivity contribution in [1.82, 2.24) is 15.3 Å². The van der Waals surface area contributed by atoms with Gasteiger partial charge in [0.25, 0.3) is 11.8 Å². The SMILES string of the molecule is Cc1cc(C(C)NC(=O)c2cnc(OCC(C)(F)F)c(C)c2)cc(CC(=O)C(C)C)n1. The molecule has 0 fully saturated rings. The Morgan fingerprint density at radius 2 is 1.84 bits per heavy atom. The Kier molecular flexibility index (Phi) is 7.81. The molecule has 0 aliphatic rings. The van der Waals surface area contributed by atoms with Gasteiger partial charge in [-0.05, 0) is 44.5 Å². The number of carbonyl (C=O) groups is 2. The third-order valence-corrected chi connectivity index (χ3v) is 4.63. The molecular formula is C23H29F2N3O3. The van der Waals surface area contributed by atoms with Crippen LogP contribution in [0.2, 0.25) is 0 Å². The van der Waals surface area contributed by atoms with Crippen LogP contribution < -0.4 is 10.1 Å². The molecule has 0 bridgehead atoms. The molecule has 0 spiro atoms. The van der Waals surface area contributed by atoms with Crippen LogP contribution in [0.3, 0.4) is 0 Å². The number of rotatable bonds is 9. The Labute approximate surface area is 181 Å². The van der Waals surface area contributed by atoms with Crippen molar-refractivity contribution in [3.8, 4) is 5.88 Å². The second-order valence-corrected chi connectivity index (χ2v) is 8.23. The average Bonchev–Trinajstić information content (AvgIpc) is 2.65. The van der Waals surface area contributed by atoms with Crippen molar-refractivity contribution in [3.63, 3.8) is 0 Å². The summed E-state index contributed by atoms with van der Waals surface area (Å²) in [4.78, 5) is 33.1. The number of nitrogens with one attached hydrogen (secondary N) is 1. The number of nitrogens with zero attached hydrogens (tertiary/aromatic N) is 2. The first-order chi connectivity index (χ1) is 14.4. The van der Waals surface area contributed by atoms with Gasteiger partial charge in [-0.1, -0.05) is 13.8 Å². The Balaban J connectivity index is 2.11. The van der Waals surface area contributed by atoms with E-state index >= 15 is 0 Å². The number of alkyl halides is 2. The minimum atomic E-state index is -2.97. The topological polar surface area (TPSA) is 81.2 Å². The molecule has 0 aliphatic heterocycles. The molecule has 1 N–H and O–H groups in total. The molecule has 0 saturated heterocycles. The summed E-state index contributed by atoms with van der Waals surface area (Å²) >= 11 is 0. The highest BCUT2D eigenvalue weighted by molar-refractivity contribution is 5.94. The number of hydrogen-bond donors (Lipinski definition) is 1. The third kappa shape index (κ3) is 7.38. The molecule has 0 aromatic carbocycles. The maximum absolute atomic E-state index is 13.0. The van der Waals surface area contributed by atoms with Gasteiger partial charge in [0, 0.05) is 42.4 Å². The minimum Gasteiger partial charge on any atom is -0.471 e. The summed E-state index contributed by atoms with van der Waals surface area (Å²) in [6.07, 6.45) is 1.54. The summed E-state index contributed by atoms with van der Waals surface area (Å²) in [5, 5.41) is 2.89. The lowest BCUT2D eigenvalue weighted by molar-refractivity contribution is -0.121. The number of aryl methyl sites for hydroxylation is 2. The summed E-state index contributed by atoms with van der Waals surface area (Å²) in [6.45, 7) is 8.99. The highest BCUT2D eigenvalue weighted by Gasteiger charge is 2.23. The molecule has 8 heteroatoms. The lowest BCUT2D eigenvalue weighted by Crippen LogP contribution is -2.27. The molecule has 2 aromatic heterocycles. The number of amides is 1. The maximum Gasteiger partial charge on any atom is 0.278 e. The summed E-state index contributed by atoms with van der Waals surface area (Å²) in [5.74, 6) is -3.24. The van der Waals surface area contributed by atoms with E-state index in [1.807, 2.05) is 39.8 Å². The van der Waals surface area contributed by atoms with Crippen molar-refractivity contribution >= 4 is 11.7 Å². The normalized spacial score (nSPS) is 12.5. The molecule has 2 heterocycles. The summed E-state index contributed by atoms with van der Waals surface area (Å²) < 4.78 is 31.0. The average molecular weight is 433 g/mol. The number of ketones is 1. The van der Waals surface area contributed by atoms with Crippen LogP contribution in [0.1, 0.15) is 66.6 Å². The van der Waals surface area contributed by atoms with Crippen molar-refractivity contribution in [2.24, 2.45) is 5.92 Å². The van der Waals surface area contributed by atoms with Gasteiger partial charge in [-0.15, -0.1) is 0 Å². The number of halogens is 2. The first kappa shape index (κ1) is 24.4. The van der Waals surface area contributed by atoms with Crippen molar-refractivity contribution in [2.45, 2.75) is 59.9 Å². The smallest absolute Gasteiger partial charge is 0.278 e. The quantitative estimate of drug-likeness (QED) is 0.635. The van der Waals surface area contributed by atoms with Gasteiger partial charge in [-0.25, -0.2) is 13.8 Å². The Morgan fingerprint density at radius 1 is 1.16 bits per heavy atom. The van der Waals surface area contributed by atoms with Crippen molar-refractivity contribution in [1.29, 1.82) is 0 Å². The summed E-state index contributed by atoms with van der Waals surface area (Å²) in [5.41, 5.74) is 3.04. The molecule has 6 nitrogen and oxygen atoms in total. The van der Waals surface area contributed by atoms with Crippen molar-refractivity contribution in [3.05, 3.63) is 52.5 Å². The minimum absolute atomic E-state index is 0.0651. The Morgan fingerprint density at radius 3 is 2.42 bits per heavy atom. The zero-order valence-corrected chi connectivity index (χ0v) is 18.8. The number of Topliss-reactive ketones (excluding diaryl/α,β-unsaturated/α-hetero) is 1. The zero-order valence-electron chi connectivity index (χ0n) is 18.8. The summed E-state index contributed by atoms with van der Waals surface area (Å²) in [6, 6.07) is 4.89. The van der Waals surface area contributed by atoms with E-state index in [1.165, 1.54) is 6.20 Å². The van der Waals surface area contributed by atoms with Crippen LogP contribution in [0.25, 0.3) is 0 Å². The van der Waals surface area contributed by atoms with E-state index in [4.69, 9.17) is 4.74 Å². The van der Waals surface area contributed by atoms with Crippen molar-refractivity contribution in [2.75, 3.05) is 6.61 Å². The number of hydrogen-bond acceptors (Lipinski definition) is 5. The van der Waals surface area contributed by atoms with Crippen LogP contribution in [0.4, 0.5) is 8.78 Å². The lowest BCUT2D eigenvalue weighted by atomic mass is 10.0. The Bertz CT molecular complexity index is 956. The second kappa shape index (κ2) is 9.94. The zero-order chi connectivity index (χ0) is 23.3. The number of ether oxygens (including phenoxy) is 1. The monoisotopic (exact) mass is 433 g/mol. The fourth-order valence-corrected chi connectivity index (χ4v) is 2.89. The lowest BCUT2D eigenvalue weighted by Gasteiger charge is -2.17. The van der Waals surface area contributed by atoms with E-state index in [0.717, 1.165) is 18.2 Å². The fourth-order valence-electron chi connectivity index (χ4n) is 2.89. The highest BCUT2D eigenvalue weighted by Crippen LogP contribution is 2.21. The van der Waals surface area contributed by atoms with Crippen LogP contribution in [-0.2, 0) is 11.2 Å². The van der Waals surface area contributed by atoms with E-state index in [9.17, 15) is 18.4 Å². The van der Waals surface area contributed by atoms with E-state index < -0.39 is 12.5 Å². The molecule has 2 aromatic rings. The van der Waals surface area contributed by atoms with Gasteiger partial charge in [-0.3, -0.25) is 14.6 Å². The molecule has 1 amide bonds. The first-order valence-corrected chi connectivity index (χ1v) is 10.1. The van der Waals surface area contributed by atoms with E-state index in [1.54, 1.807) is 13.0 Å². The molecule has 0 saturated carbocycles. The standard InChI is InChI=1S/C23H29F2N3O3/c1-13(2)20(29)10-19-9-17(8-15(4)27-19)16(5)28-21(30)18-7-14(3)22(26-11-18)31-12-23(6,24)25/h7-9,11,13,16H,10,12H2,1-6H3,(H,28,30). The molecule has 168 valence electrons. The second-order valence-electron chi connectivity index (χ2n) is 8.23. The molecule has 0 aliphatic carbocycles. The Hall–Kier alpha value is -2.90. The molecule has 2 rings (SSSR count). The van der Waals surface area contributed by atoms with Gasteiger partial charge in [-0.2, -0.15) is 0 Å². The predicted octanol–water partition coefficient (Wildman–Crippen LogP) is 4.39.